The van der Waals surface area contributed by atoms with Crippen LogP contribution in [0.2, 0.25) is 0 Å². The summed E-state index contributed by atoms with van der Waals surface area (Å²) in [7, 11) is 2.15. The molecule has 1 aliphatic carbocycles. The van der Waals surface area contributed by atoms with Gasteiger partial charge >= 0.3 is 0 Å². The molecule has 5 nitrogen and oxygen atoms in total. The van der Waals surface area contributed by atoms with Gasteiger partial charge < -0.3 is 15.1 Å². The van der Waals surface area contributed by atoms with E-state index in [1.165, 1.54) is 0 Å². The van der Waals surface area contributed by atoms with Gasteiger partial charge in [0.05, 0.1) is 0 Å². The van der Waals surface area contributed by atoms with Gasteiger partial charge in [0.2, 0.25) is 5.91 Å². The number of carbonyl (C=O) groups excluding carboxylic acids is 1. The Bertz CT molecular complexity index is 479. The normalized spacial score (nSPS) is 19.9. The lowest BCUT2D eigenvalue weighted by atomic mass is 10.2. The zero-order valence-corrected chi connectivity index (χ0v) is 12.0. The first kappa shape index (κ1) is 13.4. The highest BCUT2D eigenvalue weighted by molar-refractivity contribution is 5.80. The molecule has 5 heteroatoms. The van der Waals surface area contributed by atoms with Crippen molar-refractivity contribution in [1.29, 1.82) is 0 Å². The zero-order chi connectivity index (χ0) is 13.9. The minimum absolute atomic E-state index is 0.193. The van der Waals surface area contributed by atoms with Crippen LogP contribution >= 0.6 is 0 Å². The van der Waals surface area contributed by atoms with E-state index in [9.17, 15) is 4.79 Å². The first-order valence-corrected chi connectivity index (χ1v) is 7.39. The van der Waals surface area contributed by atoms with E-state index in [2.05, 4.69) is 33.2 Å². The van der Waals surface area contributed by atoms with Crippen molar-refractivity contribution >= 4 is 11.7 Å². The molecule has 0 atom stereocenters. The van der Waals surface area contributed by atoms with Crippen molar-refractivity contribution in [2.75, 3.05) is 38.1 Å². The molecule has 1 aromatic rings. The van der Waals surface area contributed by atoms with Crippen molar-refractivity contribution in [1.82, 2.24) is 15.2 Å². The van der Waals surface area contributed by atoms with Crippen LogP contribution in [0.25, 0.3) is 0 Å². The van der Waals surface area contributed by atoms with Crippen molar-refractivity contribution in [2.24, 2.45) is 5.92 Å². The number of hydrogen-bond acceptors (Lipinski definition) is 4. The third-order valence-corrected chi connectivity index (χ3v) is 4.07. The van der Waals surface area contributed by atoms with E-state index in [-0.39, 0.29) is 11.8 Å². The number of amides is 1. The van der Waals surface area contributed by atoms with Crippen LogP contribution in [0.5, 0.6) is 0 Å². The van der Waals surface area contributed by atoms with Gasteiger partial charge in [-0.25, -0.2) is 4.98 Å². The summed E-state index contributed by atoms with van der Waals surface area (Å²) in [5, 5.41) is 3.03. The SMILES string of the molecule is CN1CCN(c2ncccc2CNC(=O)C2CC2)CC1. The number of nitrogens with one attached hydrogen (secondary N) is 1. The molecular weight excluding hydrogens is 252 g/mol. The van der Waals surface area contributed by atoms with Gasteiger partial charge in [0.15, 0.2) is 0 Å². The summed E-state index contributed by atoms with van der Waals surface area (Å²) < 4.78 is 0. The van der Waals surface area contributed by atoms with Gasteiger partial charge in [0, 0.05) is 50.4 Å². The third-order valence-electron chi connectivity index (χ3n) is 4.07. The Morgan fingerprint density at radius 1 is 1.35 bits per heavy atom. The summed E-state index contributed by atoms with van der Waals surface area (Å²) in [4.78, 5) is 20.9. The molecule has 1 aromatic heterocycles. The number of pyridine rings is 1. The van der Waals surface area contributed by atoms with Gasteiger partial charge in [-0.05, 0) is 26.0 Å². The van der Waals surface area contributed by atoms with Crippen molar-refractivity contribution in [3.05, 3.63) is 23.9 Å². The highest BCUT2D eigenvalue weighted by Crippen LogP contribution is 2.29. The predicted molar refractivity (Wildman–Crippen MR) is 78.5 cm³/mol. The van der Waals surface area contributed by atoms with E-state index in [4.69, 9.17) is 0 Å². The molecule has 0 spiro atoms. The van der Waals surface area contributed by atoms with E-state index in [0.717, 1.165) is 50.4 Å². The molecule has 2 aliphatic rings. The fraction of sp³-hybridized carbons (Fsp3) is 0.600. The summed E-state index contributed by atoms with van der Waals surface area (Å²) in [6.45, 7) is 4.70. The zero-order valence-electron chi connectivity index (χ0n) is 12.0. The third kappa shape index (κ3) is 3.10. The molecule has 0 bridgehead atoms. The van der Waals surface area contributed by atoms with E-state index in [0.29, 0.717) is 6.54 Å². The smallest absolute Gasteiger partial charge is 0.223 e. The van der Waals surface area contributed by atoms with E-state index < -0.39 is 0 Å². The number of carbonyl (C=O) groups is 1. The number of anilines is 1. The Morgan fingerprint density at radius 3 is 2.80 bits per heavy atom. The largest absolute Gasteiger partial charge is 0.354 e. The van der Waals surface area contributed by atoms with Crippen LogP contribution in [0.1, 0.15) is 18.4 Å². The number of hydrogen-bond donors (Lipinski definition) is 1. The molecule has 0 aromatic carbocycles. The highest BCUT2D eigenvalue weighted by Gasteiger charge is 2.29. The molecular formula is C15H22N4O. The Hall–Kier alpha value is -1.62. The van der Waals surface area contributed by atoms with Crippen molar-refractivity contribution in [3.63, 3.8) is 0 Å². The molecule has 20 heavy (non-hydrogen) atoms. The predicted octanol–water partition coefficient (Wildman–Crippen LogP) is 0.860. The van der Waals surface area contributed by atoms with Crippen LogP contribution in [0.3, 0.4) is 0 Å². The van der Waals surface area contributed by atoms with Crippen molar-refractivity contribution < 1.29 is 4.79 Å². The first-order chi connectivity index (χ1) is 9.74. The second-order valence-electron chi connectivity index (χ2n) is 5.77. The molecule has 1 aliphatic heterocycles. The second kappa shape index (κ2) is 5.79. The molecule has 2 fully saturated rings. The van der Waals surface area contributed by atoms with Crippen LogP contribution in [-0.2, 0) is 11.3 Å². The van der Waals surface area contributed by atoms with Crippen LogP contribution in [0.15, 0.2) is 18.3 Å². The number of likely N-dealkylation sites (N-methyl/N-ethyl adjacent to an activating group) is 1. The summed E-state index contributed by atoms with van der Waals surface area (Å²) in [6.07, 6.45) is 3.92. The minimum Gasteiger partial charge on any atom is -0.354 e. The lowest BCUT2D eigenvalue weighted by molar-refractivity contribution is -0.122. The van der Waals surface area contributed by atoms with Crippen molar-refractivity contribution in [2.45, 2.75) is 19.4 Å². The molecule has 0 unspecified atom stereocenters. The summed E-state index contributed by atoms with van der Waals surface area (Å²) in [5.41, 5.74) is 1.12. The standard InChI is InChI=1S/C15H22N4O/c1-18-7-9-19(10-8-18)14-13(3-2-6-16-14)11-17-15(20)12-4-5-12/h2-3,6,12H,4-5,7-11H2,1H3,(H,17,20). The maximum Gasteiger partial charge on any atom is 0.223 e. The fourth-order valence-electron chi connectivity index (χ4n) is 2.54. The minimum atomic E-state index is 0.193. The van der Waals surface area contributed by atoms with E-state index in [1.54, 1.807) is 0 Å². The van der Waals surface area contributed by atoms with Gasteiger partial charge in [0.25, 0.3) is 0 Å². The molecule has 1 saturated carbocycles. The number of nitrogens with zero attached hydrogens (tertiary/aromatic N) is 3. The maximum atomic E-state index is 11.8. The Labute approximate surface area is 120 Å². The van der Waals surface area contributed by atoms with Gasteiger partial charge in [0.1, 0.15) is 5.82 Å². The summed E-state index contributed by atoms with van der Waals surface area (Å²) >= 11 is 0. The first-order valence-electron chi connectivity index (χ1n) is 7.39. The second-order valence-corrected chi connectivity index (χ2v) is 5.77. The molecule has 1 saturated heterocycles. The molecule has 2 heterocycles. The maximum absolute atomic E-state index is 11.8. The van der Waals surface area contributed by atoms with Crippen LogP contribution in [-0.4, -0.2) is 49.0 Å². The summed E-state index contributed by atoms with van der Waals surface area (Å²) in [6, 6.07) is 4.01. The van der Waals surface area contributed by atoms with Gasteiger partial charge in [-0.15, -0.1) is 0 Å². The monoisotopic (exact) mass is 274 g/mol. The number of piperazine rings is 1. The molecule has 108 valence electrons. The van der Waals surface area contributed by atoms with E-state index in [1.807, 2.05) is 12.3 Å². The average Bonchev–Trinajstić information content (AvgIpc) is 3.31. The Morgan fingerprint density at radius 2 is 2.10 bits per heavy atom. The molecule has 1 amide bonds. The Kier molecular flexibility index (Phi) is 3.87. The Balaban J connectivity index is 1.65. The fourth-order valence-corrected chi connectivity index (χ4v) is 2.54. The van der Waals surface area contributed by atoms with Crippen LogP contribution < -0.4 is 10.2 Å². The molecule has 1 N–H and O–H groups in total. The van der Waals surface area contributed by atoms with Crippen LogP contribution in [0, 0.1) is 5.92 Å². The number of aromatic nitrogens is 1. The highest BCUT2D eigenvalue weighted by atomic mass is 16.2. The number of rotatable bonds is 4. The lowest BCUT2D eigenvalue weighted by Crippen LogP contribution is -2.45. The molecule has 3 rings (SSSR count). The van der Waals surface area contributed by atoms with Gasteiger partial charge in [-0.3, -0.25) is 4.79 Å². The topological polar surface area (TPSA) is 48.5 Å². The van der Waals surface area contributed by atoms with E-state index >= 15 is 0 Å². The van der Waals surface area contributed by atoms with Gasteiger partial charge in [-0.1, -0.05) is 6.07 Å². The van der Waals surface area contributed by atoms with Gasteiger partial charge in [-0.2, -0.15) is 0 Å². The van der Waals surface area contributed by atoms with Crippen molar-refractivity contribution in [3.8, 4) is 0 Å². The summed E-state index contributed by atoms with van der Waals surface area (Å²) in [5.74, 6) is 1.48. The molecule has 0 radical (unpaired) electrons. The lowest BCUT2D eigenvalue weighted by Gasteiger charge is -2.34. The quantitative estimate of drug-likeness (QED) is 0.885. The van der Waals surface area contributed by atoms with Crippen LogP contribution in [0.4, 0.5) is 5.82 Å². The average molecular weight is 274 g/mol.